The Morgan fingerprint density at radius 1 is 1.00 bits per heavy atom. The average molecular weight is 748 g/mol. The quantitative estimate of drug-likeness (QED) is 0.166. The predicted octanol–water partition coefficient (Wildman–Crippen LogP) is 7.35. The largest absolute Gasteiger partial charge is 0.415 e. The molecule has 14 heteroatoms. The fraction of sp³-hybridized carbons (Fsp3) is 0.556. The van der Waals surface area contributed by atoms with Gasteiger partial charge in [-0.3, -0.25) is 19.1 Å². The van der Waals surface area contributed by atoms with Crippen LogP contribution in [0.15, 0.2) is 36.4 Å². The zero-order valence-corrected chi connectivity index (χ0v) is 34.4. The molecule has 0 saturated carbocycles. The number of amides is 3. The van der Waals surface area contributed by atoms with Crippen LogP contribution in [0.2, 0.25) is 41.3 Å². The summed E-state index contributed by atoms with van der Waals surface area (Å²) in [5.74, 6) is -2.29. The van der Waals surface area contributed by atoms with Gasteiger partial charge in [0.2, 0.25) is 11.8 Å². The Hall–Kier alpha value is -3.11. The minimum absolute atomic E-state index is 0.0199. The molecule has 0 bridgehead atoms. The molecule has 3 N–H and O–H groups in total. The summed E-state index contributed by atoms with van der Waals surface area (Å²) < 4.78 is 29.7. The van der Waals surface area contributed by atoms with Gasteiger partial charge in [0.15, 0.2) is 22.3 Å². The van der Waals surface area contributed by atoms with Crippen molar-refractivity contribution in [3.05, 3.63) is 64.1 Å². The van der Waals surface area contributed by atoms with Gasteiger partial charge in [0, 0.05) is 10.9 Å². The lowest BCUT2D eigenvalue weighted by molar-refractivity contribution is -0.139. The van der Waals surface area contributed by atoms with Gasteiger partial charge < -0.3 is 24.8 Å². The lowest BCUT2D eigenvalue weighted by Crippen LogP contribution is -2.51. The Morgan fingerprint density at radius 2 is 1.58 bits per heavy atom. The van der Waals surface area contributed by atoms with Crippen molar-refractivity contribution in [2.75, 3.05) is 19.8 Å². The highest BCUT2D eigenvalue weighted by atomic mass is 35.5. The molecular formula is C36H55ClFN5O5Si2. The number of aromatic nitrogens is 2. The number of carbonyl (C=O) groups excluding carboxylic acids is 3. The molecule has 0 unspecified atom stereocenters. The van der Waals surface area contributed by atoms with Crippen molar-refractivity contribution >= 4 is 56.9 Å². The molecule has 2 atom stereocenters. The number of hydrogen-bond acceptors (Lipinski definition) is 6. The van der Waals surface area contributed by atoms with Gasteiger partial charge in [0.1, 0.15) is 12.4 Å². The van der Waals surface area contributed by atoms with Crippen LogP contribution in [0.5, 0.6) is 0 Å². The molecule has 0 fully saturated rings. The summed E-state index contributed by atoms with van der Waals surface area (Å²) in [7, 11) is -4.51. The van der Waals surface area contributed by atoms with Crippen LogP contribution in [-0.2, 0) is 25.0 Å². The number of halogens is 2. The van der Waals surface area contributed by atoms with Crippen molar-refractivity contribution < 1.29 is 27.6 Å². The molecule has 50 heavy (non-hydrogen) atoms. The van der Waals surface area contributed by atoms with Gasteiger partial charge in [0.25, 0.3) is 5.91 Å². The lowest BCUT2D eigenvalue weighted by Gasteiger charge is -2.39. The summed E-state index contributed by atoms with van der Waals surface area (Å²) in [5, 5.41) is 7.59. The van der Waals surface area contributed by atoms with E-state index in [1.807, 2.05) is 19.9 Å². The molecule has 0 aliphatic rings. The Kier molecular flexibility index (Phi) is 12.9. The number of hydrogen-bond donors (Lipinski definition) is 2. The van der Waals surface area contributed by atoms with Crippen molar-refractivity contribution in [2.24, 2.45) is 5.73 Å². The second-order valence-corrected chi connectivity index (χ2v) is 26.2. The van der Waals surface area contributed by atoms with Crippen LogP contribution >= 0.6 is 11.6 Å². The van der Waals surface area contributed by atoms with Crippen molar-refractivity contribution in [3.8, 4) is 0 Å². The second-order valence-electron chi connectivity index (χ2n) is 16.2. The number of nitrogens with two attached hydrogens (primary N) is 1. The van der Waals surface area contributed by atoms with Crippen LogP contribution in [0.25, 0.3) is 10.9 Å². The maximum atomic E-state index is 15.4. The summed E-state index contributed by atoms with van der Waals surface area (Å²) in [5.41, 5.74) is 7.35. The minimum atomic E-state index is -2.30. The van der Waals surface area contributed by atoms with Crippen molar-refractivity contribution in [1.29, 1.82) is 0 Å². The van der Waals surface area contributed by atoms with Crippen LogP contribution in [0, 0.1) is 12.7 Å². The van der Waals surface area contributed by atoms with E-state index < -0.39 is 52.3 Å². The third kappa shape index (κ3) is 9.81. The molecule has 10 nitrogen and oxygen atoms in total. The average Bonchev–Trinajstić information content (AvgIpc) is 3.34. The summed E-state index contributed by atoms with van der Waals surface area (Å²) in [6.45, 7) is 24.4. The topological polar surface area (TPSA) is 129 Å². The Balaban J connectivity index is 1.97. The van der Waals surface area contributed by atoms with Crippen LogP contribution in [0.4, 0.5) is 4.39 Å². The van der Waals surface area contributed by atoms with Gasteiger partial charge in [-0.15, -0.1) is 0 Å². The normalized spacial score (nSPS) is 14.0. The molecule has 0 saturated heterocycles. The predicted molar refractivity (Wildman–Crippen MR) is 203 cm³/mol. The van der Waals surface area contributed by atoms with Gasteiger partial charge in [0.05, 0.1) is 42.4 Å². The fourth-order valence-electron chi connectivity index (χ4n) is 4.84. The molecule has 0 aliphatic heterocycles. The first kappa shape index (κ1) is 41.3. The highest BCUT2D eigenvalue weighted by molar-refractivity contribution is 6.74. The van der Waals surface area contributed by atoms with Gasteiger partial charge in [-0.25, -0.2) is 4.39 Å². The van der Waals surface area contributed by atoms with Crippen molar-refractivity contribution in [2.45, 2.75) is 110 Å². The summed E-state index contributed by atoms with van der Waals surface area (Å²) >= 11 is 6.16. The monoisotopic (exact) mass is 747 g/mol. The van der Waals surface area contributed by atoms with Gasteiger partial charge >= 0.3 is 0 Å². The maximum absolute atomic E-state index is 15.4. The molecule has 2 aromatic carbocycles. The van der Waals surface area contributed by atoms with Gasteiger partial charge in [-0.05, 0) is 68.3 Å². The Morgan fingerprint density at radius 3 is 2.14 bits per heavy atom. The van der Waals surface area contributed by atoms with E-state index in [9.17, 15) is 14.4 Å². The minimum Gasteiger partial charge on any atom is -0.415 e. The maximum Gasteiger partial charge on any atom is 0.269 e. The number of benzene rings is 2. The molecule has 276 valence electrons. The molecular weight excluding hydrogens is 693 g/mol. The van der Waals surface area contributed by atoms with E-state index in [1.54, 1.807) is 24.3 Å². The van der Waals surface area contributed by atoms with E-state index in [0.29, 0.717) is 10.9 Å². The molecule has 0 spiro atoms. The SMILES string of the molecule is Cc1ccc2c(c1)c(C(N)=O)nn2CC(=O)N(CC(=O)N[C@@H](CO[Si](C)(C)C(C)(C)C)c1cccc(Cl)c1F)[C@H](C)CO[Si](C)(C)C(C)(C)C. The number of carbonyl (C=O) groups is 3. The zero-order chi connectivity index (χ0) is 38.0. The van der Waals surface area contributed by atoms with Crippen LogP contribution < -0.4 is 11.1 Å². The molecule has 0 radical (unpaired) electrons. The first-order valence-electron chi connectivity index (χ1n) is 16.9. The van der Waals surface area contributed by atoms with Gasteiger partial charge in [-0.2, -0.15) is 5.10 Å². The Labute approximate surface area is 303 Å². The van der Waals surface area contributed by atoms with E-state index in [4.69, 9.17) is 26.2 Å². The van der Waals surface area contributed by atoms with E-state index in [2.05, 4.69) is 78.1 Å². The first-order valence-corrected chi connectivity index (χ1v) is 23.1. The standard InChI is InChI=1S/C36H55ClFN5O5Si2/c1-23-16-17-29-26(18-23)33(34(39)46)41-43(29)20-31(45)42(24(2)21-47-49(9,10)35(3,4)5)19-30(44)40-28(22-48-50(11,12)36(6,7)8)25-14-13-15-27(37)32(25)38/h13-18,24,28H,19-22H2,1-12H3,(H2,39,46)(H,40,44)/t24-,28+/m1/s1. The molecule has 3 aromatic rings. The molecule has 3 amide bonds. The number of nitrogens with zero attached hydrogens (tertiary/aromatic N) is 3. The zero-order valence-electron chi connectivity index (χ0n) is 31.7. The van der Waals surface area contributed by atoms with Gasteiger partial charge in [-0.1, -0.05) is 76.9 Å². The smallest absolute Gasteiger partial charge is 0.269 e. The molecule has 3 rings (SSSR count). The summed E-state index contributed by atoms with van der Waals surface area (Å²) in [4.78, 5) is 41.7. The number of fused-ring (bicyclic) bond motifs is 1. The third-order valence-corrected chi connectivity index (χ3v) is 19.5. The van der Waals surface area contributed by atoms with E-state index in [-0.39, 0.29) is 52.7 Å². The van der Waals surface area contributed by atoms with Crippen molar-refractivity contribution in [3.63, 3.8) is 0 Å². The van der Waals surface area contributed by atoms with Crippen LogP contribution in [0.1, 0.15) is 76.1 Å². The second kappa shape index (κ2) is 15.6. The van der Waals surface area contributed by atoms with E-state index in [0.717, 1.165) is 5.56 Å². The molecule has 0 aliphatic carbocycles. The van der Waals surface area contributed by atoms with Crippen LogP contribution in [0.3, 0.4) is 0 Å². The number of primary amides is 1. The highest BCUT2D eigenvalue weighted by Gasteiger charge is 2.39. The first-order chi connectivity index (χ1) is 22.9. The van der Waals surface area contributed by atoms with E-state index >= 15 is 4.39 Å². The van der Waals surface area contributed by atoms with E-state index in [1.165, 1.54) is 15.6 Å². The third-order valence-electron chi connectivity index (χ3n) is 10.2. The molecule has 1 heterocycles. The Bertz CT molecular complexity index is 1720. The fourth-order valence-corrected chi connectivity index (χ4v) is 7.13. The summed E-state index contributed by atoms with van der Waals surface area (Å²) in [6.07, 6.45) is 0. The molecule has 1 aromatic heterocycles. The summed E-state index contributed by atoms with van der Waals surface area (Å²) in [6, 6.07) is 8.68. The van der Waals surface area contributed by atoms with Crippen LogP contribution in [-0.4, -0.2) is 74.8 Å². The highest BCUT2D eigenvalue weighted by Crippen LogP contribution is 2.38. The lowest BCUT2D eigenvalue weighted by atomic mass is 10.1. The number of rotatable bonds is 14. The van der Waals surface area contributed by atoms with Crippen molar-refractivity contribution in [1.82, 2.24) is 20.0 Å². The number of aryl methyl sites for hydroxylation is 1. The number of nitrogens with one attached hydrogen (secondary N) is 1.